The monoisotopic (exact) mass is 242 g/mol. The summed E-state index contributed by atoms with van der Waals surface area (Å²) in [6.45, 7) is 2.70. The van der Waals surface area contributed by atoms with Gasteiger partial charge in [0.2, 0.25) is 0 Å². The minimum atomic E-state index is 0.335. The van der Waals surface area contributed by atoms with E-state index in [1.165, 1.54) is 4.88 Å². The SMILES string of the molecule is CC(CN)c1cnc(-c2ccc(Cl)o2)s1. The molecule has 0 aliphatic heterocycles. The molecule has 80 valence electrons. The van der Waals surface area contributed by atoms with E-state index in [1.54, 1.807) is 17.4 Å². The molecule has 0 radical (unpaired) electrons. The number of thiazole rings is 1. The van der Waals surface area contributed by atoms with Crippen molar-refractivity contribution in [2.45, 2.75) is 12.8 Å². The molecule has 2 rings (SSSR count). The van der Waals surface area contributed by atoms with E-state index >= 15 is 0 Å². The molecule has 2 aromatic rings. The number of halogens is 1. The van der Waals surface area contributed by atoms with Crippen LogP contribution >= 0.6 is 22.9 Å². The number of nitrogens with zero attached hydrogens (tertiary/aromatic N) is 1. The predicted molar refractivity (Wildman–Crippen MR) is 62.3 cm³/mol. The predicted octanol–water partition coefficient (Wildman–Crippen LogP) is 3.12. The Bertz CT molecular complexity index is 452. The third-order valence-corrected chi connectivity index (χ3v) is 3.59. The van der Waals surface area contributed by atoms with E-state index in [4.69, 9.17) is 21.8 Å². The summed E-state index contributed by atoms with van der Waals surface area (Å²) in [5.74, 6) is 1.04. The number of nitrogens with two attached hydrogens (primary N) is 1. The van der Waals surface area contributed by atoms with Gasteiger partial charge < -0.3 is 10.2 Å². The highest BCUT2D eigenvalue weighted by atomic mass is 35.5. The third-order valence-electron chi connectivity index (χ3n) is 2.15. The van der Waals surface area contributed by atoms with Crippen LogP contribution in [0.15, 0.2) is 22.7 Å². The molecule has 2 heterocycles. The van der Waals surface area contributed by atoms with Crippen LogP contribution in [0.1, 0.15) is 17.7 Å². The highest BCUT2D eigenvalue weighted by Gasteiger charge is 2.11. The first-order valence-electron chi connectivity index (χ1n) is 4.62. The maximum Gasteiger partial charge on any atom is 0.194 e. The zero-order valence-electron chi connectivity index (χ0n) is 8.24. The Labute approximate surface area is 96.9 Å². The Kier molecular flexibility index (Phi) is 3.09. The van der Waals surface area contributed by atoms with Crippen molar-refractivity contribution in [2.75, 3.05) is 6.54 Å². The fourth-order valence-corrected chi connectivity index (χ4v) is 2.26. The van der Waals surface area contributed by atoms with E-state index < -0.39 is 0 Å². The smallest absolute Gasteiger partial charge is 0.194 e. The van der Waals surface area contributed by atoms with Crippen LogP contribution in [0.2, 0.25) is 5.22 Å². The standard InChI is InChI=1S/C10H11ClN2OS/c1-6(4-12)8-5-13-10(15-8)7-2-3-9(11)14-7/h2-3,5-6H,4,12H2,1H3. The normalized spacial score (nSPS) is 13.0. The van der Waals surface area contributed by atoms with E-state index in [9.17, 15) is 0 Å². The second-order valence-corrected chi connectivity index (χ2v) is 4.74. The molecule has 0 bridgehead atoms. The molecule has 5 heteroatoms. The number of hydrogen-bond donors (Lipinski definition) is 1. The van der Waals surface area contributed by atoms with Crippen LogP contribution in [0.25, 0.3) is 10.8 Å². The molecule has 0 spiro atoms. The molecular weight excluding hydrogens is 232 g/mol. The first-order chi connectivity index (χ1) is 7.20. The fraction of sp³-hybridized carbons (Fsp3) is 0.300. The molecule has 1 atom stereocenters. The average molecular weight is 243 g/mol. The highest BCUT2D eigenvalue weighted by Crippen LogP contribution is 2.31. The van der Waals surface area contributed by atoms with Crippen molar-refractivity contribution in [3.63, 3.8) is 0 Å². The summed E-state index contributed by atoms with van der Waals surface area (Å²) in [6, 6.07) is 3.53. The molecule has 2 N–H and O–H groups in total. The Morgan fingerprint density at radius 1 is 1.60 bits per heavy atom. The van der Waals surface area contributed by atoms with Crippen molar-refractivity contribution < 1.29 is 4.42 Å². The molecule has 0 saturated carbocycles. The Morgan fingerprint density at radius 2 is 2.40 bits per heavy atom. The van der Waals surface area contributed by atoms with Gasteiger partial charge in [-0.05, 0) is 30.3 Å². The summed E-state index contributed by atoms with van der Waals surface area (Å²) in [5.41, 5.74) is 5.59. The molecular formula is C10H11ClN2OS. The highest BCUT2D eigenvalue weighted by molar-refractivity contribution is 7.15. The summed E-state index contributed by atoms with van der Waals surface area (Å²) in [7, 11) is 0. The Balaban J connectivity index is 2.27. The molecule has 0 aromatic carbocycles. The van der Waals surface area contributed by atoms with Gasteiger partial charge in [-0.25, -0.2) is 4.98 Å². The molecule has 1 unspecified atom stereocenters. The Hall–Kier alpha value is -0.840. The van der Waals surface area contributed by atoms with Gasteiger partial charge in [0, 0.05) is 17.0 Å². The van der Waals surface area contributed by atoms with E-state index in [2.05, 4.69) is 11.9 Å². The lowest BCUT2D eigenvalue weighted by atomic mass is 10.2. The second kappa shape index (κ2) is 4.35. The number of rotatable bonds is 3. The topological polar surface area (TPSA) is 52.0 Å². The van der Waals surface area contributed by atoms with Crippen LogP contribution in [0, 0.1) is 0 Å². The molecule has 0 amide bonds. The van der Waals surface area contributed by atoms with Crippen LogP contribution < -0.4 is 5.73 Å². The number of aromatic nitrogens is 1. The Morgan fingerprint density at radius 3 is 3.00 bits per heavy atom. The van der Waals surface area contributed by atoms with Gasteiger partial charge >= 0.3 is 0 Å². The van der Waals surface area contributed by atoms with Crippen molar-refractivity contribution in [3.05, 3.63) is 28.4 Å². The van der Waals surface area contributed by atoms with E-state index in [0.717, 1.165) is 5.01 Å². The third kappa shape index (κ3) is 2.22. The van der Waals surface area contributed by atoms with Gasteiger partial charge in [-0.1, -0.05) is 6.92 Å². The van der Waals surface area contributed by atoms with Crippen molar-refractivity contribution in [1.82, 2.24) is 4.98 Å². The zero-order valence-corrected chi connectivity index (χ0v) is 9.81. The summed E-state index contributed by atoms with van der Waals surface area (Å²) in [6.07, 6.45) is 1.84. The van der Waals surface area contributed by atoms with Crippen molar-refractivity contribution in [3.8, 4) is 10.8 Å². The first kappa shape index (κ1) is 10.7. The molecule has 0 fully saturated rings. The molecule has 0 aliphatic rings. The summed E-state index contributed by atoms with van der Waals surface area (Å²) >= 11 is 7.29. The van der Waals surface area contributed by atoms with E-state index in [-0.39, 0.29) is 0 Å². The summed E-state index contributed by atoms with van der Waals surface area (Å²) in [5, 5.41) is 1.23. The molecule has 0 aliphatic carbocycles. The van der Waals surface area contributed by atoms with Crippen LogP contribution in [0.5, 0.6) is 0 Å². The molecule has 15 heavy (non-hydrogen) atoms. The maximum atomic E-state index is 5.70. The quantitative estimate of drug-likeness (QED) is 0.900. The second-order valence-electron chi connectivity index (χ2n) is 3.31. The zero-order chi connectivity index (χ0) is 10.8. The number of hydrogen-bond acceptors (Lipinski definition) is 4. The van der Waals surface area contributed by atoms with Crippen molar-refractivity contribution in [2.24, 2.45) is 5.73 Å². The van der Waals surface area contributed by atoms with Crippen molar-refractivity contribution >= 4 is 22.9 Å². The van der Waals surface area contributed by atoms with Crippen LogP contribution in [0.4, 0.5) is 0 Å². The van der Waals surface area contributed by atoms with Gasteiger partial charge in [0.1, 0.15) is 0 Å². The fourth-order valence-electron chi connectivity index (χ4n) is 1.17. The van der Waals surface area contributed by atoms with Gasteiger partial charge in [-0.2, -0.15) is 0 Å². The molecule has 3 nitrogen and oxygen atoms in total. The van der Waals surface area contributed by atoms with Crippen LogP contribution in [0.3, 0.4) is 0 Å². The first-order valence-corrected chi connectivity index (χ1v) is 5.81. The van der Waals surface area contributed by atoms with E-state index in [1.807, 2.05) is 12.3 Å². The number of furan rings is 1. The lowest BCUT2D eigenvalue weighted by Gasteiger charge is -2.01. The largest absolute Gasteiger partial charge is 0.442 e. The lowest BCUT2D eigenvalue weighted by Crippen LogP contribution is -2.07. The molecule has 2 aromatic heterocycles. The summed E-state index contributed by atoms with van der Waals surface area (Å²) < 4.78 is 5.28. The summed E-state index contributed by atoms with van der Waals surface area (Å²) in [4.78, 5) is 5.45. The van der Waals surface area contributed by atoms with Gasteiger partial charge in [0.05, 0.1) is 0 Å². The van der Waals surface area contributed by atoms with E-state index in [0.29, 0.717) is 23.4 Å². The van der Waals surface area contributed by atoms with Gasteiger partial charge in [-0.3, -0.25) is 0 Å². The van der Waals surface area contributed by atoms with Crippen LogP contribution in [-0.2, 0) is 0 Å². The molecule has 0 saturated heterocycles. The van der Waals surface area contributed by atoms with Gasteiger partial charge in [0.15, 0.2) is 16.0 Å². The van der Waals surface area contributed by atoms with Crippen molar-refractivity contribution in [1.29, 1.82) is 0 Å². The van der Waals surface area contributed by atoms with Gasteiger partial charge in [0.25, 0.3) is 0 Å². The minimum Gasteiger partial charge on any atom is -0.442 e. The van der Waals surface area contributed by atoms with Gasteiger partial charge in [-0.15, -0.1) is 11.3 Å². The average Bonchev–Trinajstić information content (AvgIpc) is 2.84. The van der Waals surface area contributed by atoms with Crippen LogP contribution in [-0.4, -0.2) is 11.5 Å². The minimum absolute atomic E-state index is 0.335. The maximum absolute atomic E-state index is 5.70. The lowest BCUT2D eigenvalue weighted by molar-refractivity contribution is 0.584.